The predicted molar refractivity (Wildman–Crippen MR) is 176 cm³/mol. The summed E-state index contributed by atoms with van der Waals surface area (Å²) in [5.74, 6) is -0.820. The Labute approximate surface area is 265 Å². The van der Waals surface area contributed by atoms with Gasteiger partial charge < -0.3 is 10.2 Å². The van der Waals surface area contributed by atoms with Gasteiger partial charge in [0.25, 0.3) is 10.0 Å². The van der Waals surface area contributed by atoms with E-state index in [1.54, 1.807) is 24.3 Å². The van der Waals surface area contributed by atoms with E-state index >= 15 is 0 Å². The normalized spacial score (nSPS) is 12.0. The molecular formula is C35H38ClN3O4S. The lowest BCUT2D eigenvalue weighted by molar-refractivity contribution is -0.140. The number of hydrogen-bond acceptors (Lipinski definition) is 4. The molecule has 0 fully saturated rings. The van der Waals surface area contributed by atoms with Crippen LogP contribution >= 0.6 is 11.6 Å². The fourth-order valence-electron chi connectivity index (χ4n) is 4.88. The van der Waals surface area contributed by atoms with E-state index in [0.717, 1.165) is 26.6 Å². The molecule has 9 heteroatoms. The first-order chi connectivity index (χ1) is 21.0. The van der Waals surface area contributed by atoms with Crippen LogP contribution in [0.2, 0.25) is 5.02 Å². The van der Waals surface area contributed by atoms with Crippen molar-refractivity contribution in [1.82, 2.24) is 10.2 Å². The number of carbonyl (C=O) groups is 2. The number of nitrogens with zero attached hydrogens (tertiary/aromatic N) is 2. The summed E-state index contributed by atoms with van der Waals surface area (Å²) in [7, 11) is -4.19. The van der Waals surface area contributed by atoms with Gasteiger partial charge in [-0.1, -0.05) is 83.9 Å². The molecule has 4 aromatic carbocycles. The fourth-order valence-corrected chi connectivity index (χ4v) is 6.42. The molecule has 1 atom stereocenters. The van der Waals surface area contributed by atoms with E-state index in [4.69, 9.17) is 11.6 Å². The molecular weight excluding hydrogens is 594 g/mol. The lowest BCUT2D eigenvalue weighted by atomic mass is 10.0. The number of sulfonamides is 1. The first kappa shape index (κ1) is 32.8. The second-order valence-electron chi connectivity index (χ2n) is 11.1. The largest absolute Gasteiger partial charge is 0.352 e. The van der Waals surface area contributed by atoms with E-state index in [0.29, 0.717) is 10.7 Å². The minimum absolute atomic E-state index is 0.000819. The molecule has 0 unspecified atom stereocenters. The van der Waals surface area contributed by atoms with Crippen molar-refractivity contribution in [2.24, 2.45) is 0 Å². The Hall–Kier alpha value is -4.14. The van der Waals surface area contributed by atoms with Crippen LogP contribution in [0.3, 0.4) is 0 Å². The molecule has 1 N–H and O–H groups in total. The first-order valence-corrected chi connectivity index (χ1v) is 16.3. The van der Waals surface area contributed by atoms with Crippen LogP contribution in [0.4, 0.5) is 5.69 Å². The number of anilines is 1. The molecule has 0 saturated carbocycles. The Balaban J connectivity index is 1.81. The Morgan fingerprint density at radius 1 is 0.818 bits per heavy atom. The number of nitrogens with one attached hydrogen (secondary N) is 1. The van der Waals surface area contributed by atoms with Gasteiger partial charge in [0, 0.05) is 24.0 Å². The molecule has 0 radical (unpaired) electrons. The summed E-state index contributed by atoms with van der Waals surface area (Å²) in [6.07, 6.45) is 0.255. The number of halogens is 1. The second kappa shape index (κ2) is 14.6. The third-order valence-electron chi connectivity index (χ3n) is 7.31. The minimum atomic E-state index is -4.19. The summed E-state index contributed by atoms with van der Waals surface area (Å²) >= 11 is 6.05. The van der Waals surface area contributed by atoms with Crippen LogP contribution in [-0.4, -0.2) is 43.8 Å². The Morgan fingerprint density at radius 2 is 1.43 bits per heavy atom. The Bertz CT molecular complexity index is 1680. The van der Waals surface area contributed by atoms with Crippen molar-refractivity contribution in [3.63, 3.8) is 0 Å². The molecule has 0 saturated heterocycles. The molecule has 0 aliphatic rings. The van der Waals surface area contributed by atoms with E-state index in [9.17, 15) is 18.0 Å². The molecule has 7 nitrogen and oxygen atoms in total. The van der Waals surface area contributed by atoms with Gasteiger partial charge in [0.05, 0.1) is 10.6 Å². The van der Waals surface area contributed by atoms with E-state index < -0.39 is 28.5 Å². The number of aryl methyl sites for hydroxylation is 2. The monoisotopic (exact) mass is 631 g/mol. The van der Waals surface area contributed by atoms with Crippen LogP contribution in [-0.2, 0) is 32.6 Å². The highest BCUT2D eigenvalue weighted by molar-refractivity contribution is 7.92. The van der Waals surface area contributed by atoms with E-state index in [1.165, 1.54) is 29.2 Å². The maximum Gasteiger partial charge on any atom is 0.264 e. The molecule has 0 aromatic heterocycles. The highest BCUT2D eigenvalue weighted by Gasteiger charge is 2.35. The quantitative estimate of drug-likeness (QED) is 0.198. The van der Waals surface area contributed by atoms with Gasteiger partial charge in [-0.2, -0.15) is 0 Å². The lowest BCUT2D eigenvalue weighted by Crippen LogP contribution is -2.54. The van der Waals surface area contributed by atoms with Crippen molar-refractivity contribution in [2.75, 3.05) is 10.8 Å². The van der Waals surface area contributed by atoms with Gasteiger partial charge in [0.2, 0.25) is 11.8 Å². The zero-order valence-electron chi connectivity index (χ0n) is 25.4. The fraction of sp³-hybridized carbons (Fsp3) is 0.257. The summed E-state index contributed by atoms with van der Waals surface area (Å²) < 4.78 is 29.2. The van der Waals surface area contributed by atoms with Gasteiger partial charge >= 0.3 is 0 Å². The van der Waals surface area contributed by atoms with Crippen LogP contribution in [0.1, 0.15) is 36.1 Å². The summed E-state index contributed by atoms with van der Waals surface area (Å²) in [4.78, 5) is 29.8. The number of amides is 2. The molecule has 4 aromatic rings. The average molecular weight is 632 g/mol. The molecule has 4 rings (SSSR count). The molecule has 0 aliphatic carbocycles. The topological polar surface area (TPSA) is 86.8 Å². The molecule has 2 amide bonds. The summed E-state index contributed by atoms with van der Waals surface area (Å²) in [5.41, 5.74) is 3.97. The Kier molecular flexibility index (Phi) is 10.8. The predicted octanol–water partition coefficient (Wildman–Crippen LogP) is 6.32. The number of hydrogen-bond donors (Lipinski definition) is 1. The van der Waals surface area contributed by atoms with Crippen LogP contribution in [0, 0.1) is 13.8 Å². The SMILES string of the molecule is Cc1ccc(N(CC(=O)N(Cc2ccccc2C)[C@@H](Cc2ccccc2)C(=O)NC(C)C)S(=O)(=O)c2ccc(Cl)cc2)cc1. The minimum Gasteiger partial charge on any atom is -0.352 e. The van der Waals surface area contributed by atoms with Gasteiger partial charge in [0.1, 0.15) is 12.6 Å². The van der Waals surface area contributed by atoms with Gasteiger partial charge in [-0.3, -0.25) is 13.9 Å². The second-order valence-corrected chi connectivity index (χ2v) is 13.4. The van der Waals surface area contributed by atoms with Crippen molar-refractivity contribution in [3.8, 4) is 0 Å². The average Bonchev–Trinajstić information content (AvgIpc) is 2.99. The van der Waals surface area contributed by atoms with E-state index in [-0.39, 0.29) is 29.8 Å². The number of benzene rings is 4. The zero-order valence-corrected chi connectivity index (χ0v) is 27.0. The molecule has 0 aliphatic heterocycles. The third kappa shape index (κ3) is 8.27. The van der Waals surface area contributed by atoms with Gasteiger partial charge in [-0.05, 0) is 80.8 Å². The van der Waals surface area contributed by atoms with Crippen molar-refractivity contribution < 1.29 is 18.0 Å². The third-order valence-corrected chi connectivity index (χ3v) is 9.35. The van der Waals surface area contributed by atoms with Crippen molar-refractivity contribution in [3.05, 3.63) is 130 Å². The highest BCUT2D eigenvalue weighted by Crippen LogP contribution is 2.26. The summed E-state index contributed by atoms with van der Waals surface area (Å²) in [5, 5.41) is 3.37. The first-order valence-electron chi connectivity index (χ1n) is 14.5. The van der Waals surface area contributed by atoms with Gasteiger partial charge in [-0.15, -0.1) is 0 Å². The van der Waals surface area contributed by atoms with Crippen molar-refractivity contribution >= 4 is 39.1 Å². The van der Waals surface area contributed by atoms with Crippen LogP contribution in [0.5, 0.6) is 0 Å². The molecule has 0 heterocycles. The van der Waals surface area contributed by atoms with Gasteiger partial charge in [0.15, 0.2) is 0 Å². The smallest absolute Gasteiger partial charge is 0.264 e. The highest BCUT2D eigenvalue weighted by atomic mass is 35.5. The molecule has 230 valence electrons. The van der Waals surface area contributed by atoms with Crippen molar-refractivity contribution in [1.29, 1.82) is 0 Å². The number of rotatable bonds is 12. The summed E-state index contributed by atoms with van der Waals surface area (Å²) in [6.45, 7) is 7.18. The molecule has 0 bridgehead atoms. The van der Waals surface area contributed by atoms with Crippen molar-refractivity contribution in [2.45, 2.75) is 57.6 Å². The standard InChI is InChI=1S/C35H38ClN3O4S/c1-25(2)37-35(41)33(22-28-11-6-5-7-12-28)38(23-29-13-9-8-10-27(29)4)34(40)24-39(31-18-14-26(3)15-19-31)44(42,43)32-20-16-30(36)17-21-32/h5-21,25,33H,22-24H2,1-4H3,(H,37,41)/t33-/m0/s1. The lowest BCUT2D eigenvalue weighted by Gasteiger charge is -2.34. The zero-order chi connectivity index (χ0) is 31.9. The van der Waals surface area contributed by atoms with E-state index in [2.05, 4.69) is 5.32 Å². The molecule has 0 spiro atoms. The summed E-state index contributed by atoms with van der Waals surface area (Å²) in [6, 6.07) is 28.9. The van der Waals surface area contributed by atoms with Crippen LogP contribution in [0.15, 0.2) is 108 Å². The molecule has 44 heavy (non-hydrogen) atoms. The maximum atomic E-state index is 14.5. The Morgan fingerprint density at radius 3 is 2.05 bits per heavy atom. The number of carbonyl (C=O) groups excluding carboxylic acids is 2. The van der Waals surface area contributed by atoms with E-state index in [1.807, 2.05) is 82.3 Å². The van der Waals surface area contributed by atoms with Gasteiger partial charge in [-0.25, -0.2) is 8.42 Å². The van der Waals surface area contributed by atoms with Crippen LogP contribution in [0.25, 0.3) is 0 Å². The maximum absolute atomic E-state index is 14.5. The van der Waals surface area contributed by atoms with Crippen LogP contribution < -0.4 is 9.62 Å².